The zero-order chi connectivity index (χ0) is 13.0. The minimum Gasteiger partial charge on any atom is -0.506 e. The monoisotopic (exact) mass is 256 g/mol. The van der Waals surface area contributed by atoms with E-state index < -0.39 is 11.8 Å². The smallest absolute Gasteiger partial charge is 0.313 e. The number of benzene rings is 1. The lowest BCUT2D eigenvalue weighted by molar-refractivity contribution is -0.136. The Balaban J connectivity index is 2.74. The Morgan fingerprint density at radius 1 is 1.29 bits per heavy atom. The number of amides is 2. The molecule has 0 saturated heterocycles. The number of hydrogen-bond acceptors (Lipinski definition) is 3. The van der Waals surface area contributed by atoms with E-state index in [1.165, 1.54) is 18.2 Å². The third kappa shape index (κ3) is 3.96. The van der Waals surface area contributed by atoms with Crippen molar-refractivity contribution < 1.29 is 14.7 Å². The van der Waals surface area contributed by atoms with Crippen molar-refractivity contribution in [2.45, 2.75) is 19.9 Å². The molecule has 2 amide bonds. The van der Waals surface area contributed by atoms with Gasteiger partial charge in [-0.3, -0.25) is 9.59 Å². The van der Waals surface area contributed by atoms with Crippen molar-refractivity contribution in [1.82, 2.24) is 5.32 Å². The Labute approximate surface area is 104 Å². The fourth-order valence-electron chi connectivity index (χ4n) is 1.12. The largest absolute Gasteiger partial charge is 0.506 e. The van der Waals surface area contributed by atoms with E-state index in [0.717, 1.165) is 0 Å². The fraction of sp³-hybridized carbons (Fsp3) is 0.273. The molecule has 1 aromatic rings. The van der Waals surface area contributed by atoms with Crippen LogP contribution in [-0.4, -0.2) is 23.0 Å². The molecule has 0 heterocycles. The van der Waals surface area contributed by atoms with E-state index >= 15 is 0 Å². The Hall–Kier alpha value is -1.75. The van der Waals surface area contributed by atoms with Gasteiger partial charge in [-0.1, -0.05) is 11.6 Å². The normalized spacial score (nSPS) is 10.1. The van der Waals surface area contributed by atoms with Crippen LogP contribution in [0, 0.1) is 0 Å². The summed E-state index contributed by atoms with van der Waals surface area (Å²) in [7, 11) is 0. The Kier molecular flexibility index (Phi) is 4.34. The number of nitrogens with one attached hydrogen (secondary N) is 2. The summed E-state index contributed by atoms with van der Waals surface area (Å²) in [6.45, 7) is 3.48. The number of phenols is 1. The van der Waals surface area contributed by atoms with Crippen molar-refractivity contribution in [3.05, 3.63) is 23.2 Å². The summed E-state index contributed by atoms with van der Waals surface area (Å²) in [6, 6.07) is 4.03. The molecule has 92 valence electrons. The number of anilines is 1. The van der Waals surface area contributed by atoms with Gasteiger partial charge in [0, 0.05) is 11.1 Å². The van der Waals surface area contributed by atoms with E-state index in [1.54, 1.807) is 13.8 Å². The number of hydrogen-bond donors (Lipinski definition) is 3. The summed E-state index contributed by atoms with van der Waals surface area (Å²) >= 11 is 5.70. The fourth-order valence-corrected chi connectivity index (χ4v) is 1.29. The molecule has 6 heteroatoms. The molecule has 1 aromatic carbocycles. The maximum Gasteiger partial charge on any atom is 0.313 e. The van der Waals surface area contributed by atoms with Gasteiger partial charge < -0.3 is 15.7 Å². The molecule has 3 N–H and O–H groups in total. The zero-order valence-electron chi connectivity index (χ0n) is 9.45. The summed E-state index contributed by atoms with van der Waals surface area (Å²) in [6.07, 6.45) is 0. The molecule has 0 aliphatic heterocycles. The van der Waals surface area contributed by atoms with Crippen LogP contribution in [0.3, 0.4) is 0 Å². The van der Waals surface area contributed by atoms with E-state index in [4.69, 9.17) is 11.6 Å². The van der Waals surface area contributed by atoms with Crippen molar-refractivity contribution in [3.8, 4) is 5.75 Å². The quantitative estimate of drug-likeness (QED) is 0.554. The van der Waals surface area contributed by atoms with Crippen molar-refractivity contribution in [1.29, 1.82) is 0 Å². The second-order valence-corrected chi connectivity index (χ2v) is 4.18. The average Bonchev–Trinajstić information content (AvgIpc) is 2.22. The first-order valence-electron chi connectivity index (χ1n) is 5.00. The Bertz CT molecular complexity index is 446. The average molecular weight is 257 g/mol. The van der Waals surface area contributed by atoms with Crippen LogP contribution >= 0.6 is 11.6 Å². The lowest BCUT2D eigenvalue weighted by Crippen LogP contribution is -2.39. The standard InChI is InChI=1S/C11H13ClN2O3/c1-6(2)13-10(16)11(17)14-8-5-7(12)3-4-9(8)15/h3-6,15H,1-2H3,(H,13,16)(H,14,17). The number of carbonyl (C=O) groups excluding carboxylic acids is 2. The van der Waals surface area contributed by atoms with Crippen LogP contribution in [0.2, 0.25) is 5.02 Å². The summed E-state index contributed by atoms with van der Waals surface area (Å²) in [5.41, 5.74) is 0.0985. The lowest BCUT2D eigenvalue weighted by atomic mass is 10.3. The van der Waals surface area contributed by atoms with Gasteiger partial charge in [0.05, 0.1) is 5.69 Å². The molecule has 0 aliphatic carbocycles. The third-order valence-electron chi connectivity index (χ3n) is 1.83. The molecule has 0 atom stereocenters. The second kappa shape index (κ2) is 5.54. The molecular formula is C11H13ClN2O3. The molecule has 0 fully saturated rings. The highest BCUT2D eigenvalue weighted by atomic mass is 35.5. The third-order valence-corrected chi connectivity index (χ3v) is 2.07. The van der Waals surface area contributed by atoms with Crippen LogP contribution < -0.4 is 10.6 Å². The highest BCUT2D eigenvalue weighted by Crippen LogP contribution is 2.26. The van der Waals surface area contributed by atoms with E-state index in [1.807, 2.05) is 0 Å². The first-order chi connectivity index (χ1) is 7.90. The Morgan fingerprint density at radius 2 is 1.94 bits per heavy atom. The predicted molar refractivity (Wildman–Crippen MR) is 65.0 cm³/mol. The van der Waals surface area contributed by atoms with Crippen molar-refractivity contribution in [2.24, 2.45) is 0 Å². The SMILES string of the molecule is CC(C)NC(=O)C(=O)Nc1cc(Cl)ccc1O. The van der Waals surface area contributed by atoms with Crippen molar-refractivity contribution in [3.63, 3.8) is 0 Å². The van der Waals surface area contributed by atoms with Gasteiger partial charge in [-0.25, -0.2) is 0 Å². The molecule has 0 aromatic heterocycles. The van der Waals surface area contributed by atoms with Gasteiger partial charge in [0.25, 0.3) is 0 Å². The maximum atomic E-state index is 11.4. The van der Waals surface area contributed by atoms with Gasteiger partial charge in [0.15, 0.2) is 0 Å². The summed E-state index contributed by atoms with van der Waals surface area (Å²) in [5.74, 6) is -1.77. The molecular weight excluding hydrogens is 244 g/mol. The second-order valence-electron chi connectivity index (χ2n) is 3.74. The van der Waals surface area contributed by atoms with Crippen LogP contribution in [-0.2, 0) is 9.59 Å². The molecule has 0 unspecified atom stereocenters. The minimum absolute atomic E-state index is 0.0985. The number of phenolic OH excluding ortho intramolecular Hbond substituents is 1. The van der Waals surface area contributed by atoms with Crippen molar-refractivity contribution >= 4 is 29.1 Å². The number of halogens is 1. The number of aromatic hydroxyl groups is 1. The first kappa shape index (κ1) is 13.3. The van der Waals surface area contributed by atoms with Gasteiger partial charge in [0.1, 0.15) is 5.75 Å². The lowest BCUT2D eigenvalue weighted by Gasteiger charge is -2.09. The molecule has 0 bridgehead atoms. The van der Waals surface area contributed by atoms with Crippen LogP contribution in [0.5, 0.6) is 5.75 Å². The van der Waals surface area contributed by atoms with E-state index in [-0.39, 0.29) is 17.5 Å². The van der Waals surface area contributed by atoms with Gasteiger partial charge >= 0.3 is 11.8 Å². The summed E-state index contributed by atoms with van der Waals surface area (Å²) in [5, 5.41) is 14.5. The van der Waals surface area contributed by atoms with Gasteiger partial charge in [-0.15, -0.1) is 0 Å². The van der Waals surface area contributed by atoms with E-state index in [2.05, 4.69) is 10.6 Å². The van der Waals surface area contributed by atoms with Gasteiger partial charge in [-0.2, -0.15) is 0 Å². The summed E-state index contributed by atoms with van der Waals surface area (Å²) in [4.78, 5) is 22.8. The first-order valence-corrected chi connectivity index (χ1v) is 5.38. The van der Waals surface area contributed by atoms with Crippen LogP contribution in [0.25, 0.3) is 0 Å². The van der Waals surface area contributed by atoms with Crippen LogP contribution in [0.1, 0.15) is 13.8 Å². The van der Waals surface area contributed by atoms with Gasteiger partial charge in [0.2, 0.25) is 0 Å². The van der Waals surface area contributed by atoms with E-state index in [0.29, 0.717) is 5.02 Å². The van der Waals surface area contributed by atoms with Crippen LogP contribution in [0.4, 0.5) is 5.69 Å². The molecule has 0 saturated carbocycles. The highest BCUT2D eigenvalue weighted by molar-refractivity contribution is 6.40. The van der Waals surface area contributed by atoms with Crippen molar-refractivity contribution in [2.75, 3.05) is 5.32 Å². The highest BCUT2D eigenvalue weighted by Gasteiger charge is 2.16. The minimum atomic E-state index is -0.851. The predicted octanol–water partition coefficient (Wildman–Crippen LogP) is 1.51. The van der Waals surface area contributed by atoms with Crippen LogP contribution in [0.15, 0.2) is 18.2 Å². The molecule has 0 aliphatic rings. The molecule has 1 rings (SSSR count). The number of carbonyl (C=O) groups is 2. The van der Waals surface area contributed by atoms with E-state index in [9.17, 15) is 14.7 Å². The summed E-state index contributed by atoms with van der Waals surface area (Å²) < 4.78 is 0. The molecule has 0 radical (unpaired) electrons. The maximum absolute atomic E-state index is 11.4. The van der Waals surface area contributed by atoms with Gasteiger partial charge in [-0.05, 0) is 32.0 Å². The Morgan fingerprint density at radius 3 is 2.53 bits per heavy atom. The zero-order valence-corrected chi connectivity index (χ0v) is 10.2. The molecule has 5 nitrogen and oxygen atoms in total. The topological polar surface area (TPSA) is 78.4 Å². The number of rotatable bonds is 2. The molecule has 0 spiro atoms. The molecule has 17 heavy (non-hydrogen) atoms.